The lowest BCUT2D eigenvalue weighted by molar-refractivity contribution is 0.538. The molecule has 0 bridgehead atoms. The fourth-order valence-corrected chi connectivity index (χ4v) is 4.21. The molecule has 0 rings (SSSR count). The van der Waals surface area contributed by atoms with Gasteiger partial charge < -0.3 is 0 Å². The minimum Gasteiger partial charge on any atom is -0.0654 e. The van der Waals surface area contributed by atoms with Gasteiger partial charge in [0.2, 0.25) is 0 Å². The van der Waals surface area contributed by atoms with Gasteiger partial charge in [-0.15, -0.1) is 0 Å². The van der Waals surface area contributed by atoms with Crippen molar-refractivity contribution in [2.45, 2.75) is 96.8 Å². The quantitative estimate of drug-likeness (QED) is 0.149. The summed E-state index contributed by atoms with van der Waals surface area (Å²) in [6.07, 6.45) is 22.1. The van der Waals surface area contributed by atoms with Gasteiger partial charge >= 0.3 is 0 Å². The Balaban J connectivity index is 2.91. The predicted molar refractivity (Wildman–Crippen MR) is 102 cm³/mol. The van der Waals surface area contributed by atoms with Crippen molar-refractivity contribution in [3.8, 4) is 0 Å². The molecule has 0 amide bonds. The number of halogens is 1. The first-order valence-electron chi connectivity index (χ1n) is 8.64. The molecule has 2 heteroatoms. The summed E-state index contributed by atoms with van der Waals surface area (Å²) in [6.45, 7) is 4.68. The van der Waals surface area contributed by atoms with Crippen LogP contribution in [0.5, 0.6) is 0 Å². The smallest absolute Gasteiger partial charge is 0.0238 e. The molecular formula is C17H36IP. The van der Waals surface area contributed by atoms with Crippen LogP contribution < -0.4 is 0 Å². The molecule has 19 heavy (non-hydrogen) atoms. The molecule has 116 valence electrons. The molecule has 0 saturated heterocycles. The lowest BCUT2D eigenvalue weighted by Gasteiger charge is -2.04. The Bertz CT molecular complexity index is 159. The van der Waals surface area contributed by atoms with Crippen molar-refractivity contribution in [2.24, 2.45) is 0 Å². The lowest BCUT2D eigenvalue weighted by atomic mass is 10.0. The minimum absolute atomic E-state index is 0.329. The van der Waals surface area contributed by atoms with Crippen molar-refractivity contribution < 1.29 is 0 Å². The third-order valence-corrected chi connectivity index (χ3v) is 6.20. The third-order valence-electron chi connectivity index (χ3n) is 3.82. The molecule has 0 aromatic heterocycles. The summed E-state index contributed by atoms with van der Waals surface area (Å²) in [5, 5.41) is 0. The van der Waals surface area contributed by atoms with Crippen LogP contribution in [0.1, 0.15) is 96.8 Å². The Kier molecular flexibility index (Phi) is 18.3. The van der Waals surface area contributed by atoms with Crippen LogP contribution in [0.15, 0.2) is 0 Å². The van der Waals surface area contributed by atoms with E-state index in [2.05, 4.69) is 35.6 Å². The highest BCUT2D eigenvalue weighted by Crippen LogP contribution is 2.41. The summed E-state index contributed by atoms with van der Waals surface area (Å²) < 4.78 is 0. The molecule has 0 nitrogen and oxygen atoms in total. The van der Waals surface area contributed by atoms with Crippen molar-refractivity contribution >= 4 is 27.6 Å². The Morgan fingerprint density at radius 1 is 0.579 bits per heavy atom. The van der Waals surface area contributed by atoms with Crippen LogP contribution >= 0.6 is 27.6 Å². The zero-order chi connectivity index (χ0) is 14.2. The molecule has 0 fully saturated rings. The maximum atomic E-state index is 2.60. The first-order valence-corrected chi connectivity index (χ1v) is 13.4. The average Bonchev–Trinajstić information content (AvgIpc) is 2.39. The van der Waals surface area contributed by atoms with Gasteiger partial charge in [0.05, 0.1) is 0 Å². The van der Waals surface area contributed by atoms with E-state index in [-0.39, 0.29) is 0 Å². The Labute approximate surface area is 137 Å². The van der Waals surface area contributed by atoms with Crippen molar-refractivity contribution in [3.63, 3.8) is 0 Å². The van der Waals surface area contributed by atoms with E-state index in [1.54, 1.807) is 0 Å². The van der Waals surface area contributed by atoms with Crippen LogP contribution in [0.3, 0.4) is 0 Å². The van der Waals surface area contributed by atoms with Crippen LogP contribution in [-0.2, 0) is 0 Å². The van der Waals surface area contributed by atoms with Gasteiger partial charge in [-0.25, -0.2) is 0 Å². The predicted octanol–water partition coefficient (Wildman–Crippen LogP) is 7.93. The van der Waals surface area contributed by atoms with E-state index in [1.807, 2.05) is 0 Å². The maximum Gasteiger partial charge on any atom is -0.0238 e. The fraction of sp³-hybridized carbons (Fsp3) is 1.00. The van der Waals surface area contributed by atoms with Crippen molar-refractivity contribution in [1.29, 1.82) is 0 Å². The second-order valence-corrected chi connectivity index (χ2v) is 12.5. The molecule has 0 heterocycles. The molecule has 1 atom stereocenters. The lowest BCUT2D eigenvalue weighted by Crippen LogP contribution is -1.84. The first kappa shape index (κ1) is 20.2. The zero-order valence-electron chi connectivity index (χ0n) is 13.4. The van der Waals surface area contributed by atoms with E-state index in [0.717, 1.165) is 0 Å². The standard InChI is InChI=1S/C17H36IP/c1-3-4-5-6-7-8-9-10-11-12-13-14-15-16-17-19(2)18/h3-17H2,1-2H3. The van der Waals surface area contributed by atoms with E-state index in [9.17, 15) is 0 Å². The van der Waals surface area contributed by atoms with E-state index in [1.165, 1.54) is 96.1 Å². The van der Waals surface area contributed by atoms with Gasteiger partial charge in [-0.05, 0) is 24.8 Å². The van der Waals surface area contributed by atoms with Gasteiger partial charge in [0.25, 0.3) is 0 Å². The summed E-state index contributed by atoms with van der Waals surface area (Å²) in [7, 11) is 0. The number of hydrogen-bond acceptors (Lipinski definition) is 0. The monoisotopic (exact) mass is 398 g/mol. The Hall–Kier alpha value is 1.16. The van der Waals surface area contributed by atoms with Crippen LogP contribution in [-0.4, -0.2) is 12.8 Å². The molecule has 0 radical (unpaired) electrons. The molecule has 1 unspecified atom stereocenters. The van der Waals surface area contributed by atoms with Crippen LogP contribution in [0.4, 0.5) is 0 Å². The summed E-state index contributed by atoms with van der Waals surface area (Å²) in [6, 6.07) is 0. The van der Waals surface area contributed by atoms with Crippen molar-refractivity contribution in [1.82, 2.24) is 0 Å². The first-order chi connectivity index (χ1) is 9.27. The van der Waals surface area contributed by atoms with E-state index in [0.29, 0.717) is 5.56 Å². The van der Waals surface area contributed by atoms with E-state index < -0.39 is 0 Å². The van der Waals surface area contributed by atoms with Gasteiger partial charge in [0.1, 0.15) is 0 Å². The fourth-order valence-electron chi connectivity index (χ4n) is 2.52. The van der Waals surface area contributed by atoms with Gasteiger partial charge in [-0.2, -0.15) is 0 Å². The summed E-state index contributed by atoms with van der Waals surface area (Å²) >= 11 is 2.60. The number of hydrogen-bond donors (Lipinski definition) is 0. The van der Waals surface area contributed by atoms with Crippen LogP contribution in [0.25, 0.3) is 0 Å². The second-order valence-electron chi connectivity index (χ2n) is 5.92. The van der Waals surface area contributed by atoms with Crippen LogP contribution in [0, 0.1) is 0 Å². The van der Waals surface area contributed by atoms with Gasteiger partial charge in [0, 0.05) is 0 Å². The van der Waals surface area contributed by atoms with Crippen molar-refractivity contribution in [2.75, 3.05) is 12.8 Å². The molecule has 0 aliphatic rings. The zero-order valence-corrected chi connectivity index (χ0v) is 16.5. The molecule has 0 aromatic rings. The highest BCUT2D eigenvalue weighted by atomic mass is 127. The maximum absolute atomic E-state index is 2.60. The number of unbranched alkanes of at least 4 members (excludes halogenated alkanes) is 13. The molecule has 0 spiro atoms. The van der Waals surface area contributed by atoms with Crippen LogP contribution in [0.2, 0.25) is 0 Å². The van der Waals surface area contributed by atoms with Crippen molar-refractivity contribution in [3.05, 3.63) is 0 Å². The number of rotatable bonds is 15. The summed E-state index contributed by atoms with van der Waals surface area (Å²) in [4.78, 5) is 0. The largest absolute Gasteiger partial charge is 0.0654 e. The molecule has 0 N–H and O–H groups in total. The third kappa shape index (κ3) is 19.2. The molecule has 0 saturated carbocycles. The second kappa shape index (κ2) is 17.2. The van der Waals surface area contributed by atoms with Gasteiger partial charge in [-0.3, -0.25) is 0 Å². The average molecular weight is 398 g/mol. The van der Waals surface area contributed by atoms with E-state index in [4.69, 9.17) is 0 Å². The highest BCUT2D eigenvalue weighted by molar-refractivity contribution is 14.2. The molecule has 0 aliphatic heterocycles. The SMILES string of the molecule is CCCCCCCCCCCCCCCCP(C)I. The molecule has 0 aromatic carbocycles. The highest BCUT2D eigenvalue weighted by Gasteiger charge is 1.96. The summed E-state index contributed by atoms with van der Waals surface area (Å²) in [5.41, 5.74) is 0.329. The summed E-state index contributed by atoms with van der Waals surface area (Å²) in [5.74, 6) is 0. The van der Waals surface area contributed by atoms with Gasteiger partial charge in [0.15, 0.2) is 0 Å². The Morgan fingerprint density at radius 3 is 1.21 bits per heavy atom. The minimum atomic E-state index is 0.329. The molecular weight excluding hydrogens is 362 g/mol. The Morgan fingerprint density at radius 2 is 0.895 bits per heavy atom. The topological polar surface area (TPSA) is 0 Å². The molecule has 0 aliphatic carbocycles. The van der Waals surface area contributed by atoms with Gasteiger partial charge in [-0.1, -0.05) is 112 Å². The normalized spacial score (nSPS) is 12.8. The van der Waals surface area contributed by atoms with E-state index >= 15 is 0 Å².